The Labute approximate surface area is 135 Å². The number of pyridine rings is 1. The van der Waals surface area contributed by atoms with E-state index in [2.05, 4.69) is 46.1 Å². The van der Waals surface area contributed by atoms with E-state index in [4.69, 9.17) is 11.5 Å². The highest BCUT2D eigenvalue weighted by atomic mass is 15.0. The SMILES string of the molecule is Cc1cccc(CCc2c(N)nc(-c3ccccn3)nc2N)c1. The van der Waals surface area contributed by atoms with E-state index in [1.807, 2.05) is 18.2 Å². The first kappa shape index (κ1) is 15.0. The Morgan fingerprint density at radius 3 is 2.35 bits per heavy atom. The van der Waals surface area contributed by atoms with E-state index >= 15 is 0 Å². The van der Waals surface area contributed by atoms with Gasteiger partial charge in [-0.2, -0.15) is 0 Å². The molecule has 3 aromatic rings. The summed E-state index contributed by atoms with van der Waals surface area (Å²) in [5, 5.41) is 0. The van der Waals surface area contributed by atoms with Gasteiger partial charge < -0.3 is 11.5 Å². The summed E-state index contributed by atoms with van der Waals surface area (Å²) < 4.78 is 0. The van der Waals surface area contributed by atoms with Crippen LogP contribution in [0.2, 0.25) is 0 Å². The molecular weight excluding hydrogens is 286 g/mol. The summed E-state index contributed by atoms with van der Waals surface area (Å²) >= 11 is 0. The maximum Gasteiger partial charge on any atom is 0.182 e. The molecule has 2 aromatic heterocycles. The summed E-state index contributed by atoms with van der Waals surface area (Å²) in [6.45, 7) is 2.08. The Kier molecular flexibility index (Phi) is 4.19. The van der Waals surface area contributed by atoms with Crippen molar-refractivity contribution >= 4 is 11.6 Å². The fourth-order valence-corrected chi connectivity index (χ4v) is 2.52. The van der Waals surface area contributed by atoms with Crippen LogP contribution < -0.4 is 11.5 Å². The van der Waals surface area contributed by atoms with Gasteiger partial charge in [0, 0.05) is 11.8 Å². The molecule has 116 valence electrons. The number of hydrogen-bond acceptors (Lipinski definition) is 5. The lowest BCUT2D eigenvalue weighted by Gasteiger charge is -2.10. The molecule has 0 bridgehead atoms. The second-order valence-electron chi connectivity index (χ2n) is 5.50. The highest BCUT2D eigenvalue weighted by molar-refractivity contribution is 5.61. The van der Waals surface area contributed by atoms with Gasteiger partial charge in [-0.25, -0.2) is 9.97 Å². The van der Waals surface area contributed by atoms with E-state index in [9.17, 15) is 0 Å². The van der Waals surface area contributed by atoms with Crippen molar-refractivity contribution in [3.8, 4) is 11.5 Å². The van der Waals surface area contributed by atoms with Crippen LogP contribution in [-0.2, 0) is 12.8 Å². The highest BCUT2D eigenvalue weighted by Gasteiger charge is 2.12. The molecule has 0 saturated heterocycles. The zero-order valence-corrected chi connectivity index (χ0v) is 13.0. The highest BCUT2D eigenvalue weighted by Crippen LogP contribution is 2.22. The monoisotopic (exact) mass is 305 g/mol. The summed E-state index contributed by atoms with van der Waals surface area (Å²) in [4.78, 5) is 12.9. The first-order valence-corrected chi connectivity index (χ1v) is 7.52. The third-order valence-electron chi connectivity index (χ3n) is 3.71. The Morgan fingerprint density at radius 1 is 0.913 bits per heavy atom. The minimum absolute atomic E-state index is 0.422. The predicted molar refractivity (Wildman–Crippen MR) is 92.7 cm³/mol. The van der Waals surface area contributed by atoms with Gasteiger partial charge in [0.2, 0.25) is 0 Å². The van der Waals surface area contributed by atoms with Gasteiger partial charge in [-0.1, -0.05) is 35.9 Å². The van der Waals surface area contributed by atoms with Crippen molar-refractivity contribution in [1.29, 1.82) is 0 Å². The number of nitrogens with two attached hydrogens (primary N) is 2. The van der Waals surface area contributed by atoms with Crippen LogP contribution in [0, 0.1) is 6.92 Å². The van der Waals surface area contributed by atoms with Gasteiger partial charge in [-0.3, -0.25) is 4.98 Å². The Bertz CT molecular complexity index is 792. The molecule has 0 spiro atoms. The van der Waals surface area contributed by atoms with Crippen molar-refractivity contribution in [1.82, 2.24) is 15.0 Å². The molecule has 3 rings (SSSR count). The van der Waals surface area contributed by atoms with Crippen molar-refractivity contribution in [2.45, 2.75) is 19.8 Å². The minimum atomic E-state index is 0.422. The average Bonchev–Trinajstić information content (AvgIpc) is 2.55. The summed E-state index contributed by atoms with van der Waals surface area (Å²) in [5.41, 5.74) is 16.1. The summed E-state index contributed by atoms with van der Waals surface area (Å²) in [7, 11) is 0. The molecule has 0 unspecified atom stereocenters. The van der Waals surface area contributed by atoms with Gasteiger partial charge in [0.25, 0.3) is 0 Å². The molecule has 0 aliphatic rings. The van der Waals surface area contributed by atoms with Crippen LogP contribution in [-0.4, -0.2) is 15.0 Å². The van der Waals surface area contributed by atoms with E-state index in [1.54, 1.807) is 6.20 Å². The van der Waals surface area contributed by atoms with Gasteiger partial charge in [0.1, 0.15) is 17.3 Å². The normalized spacial score (nSPS) is 10.7. The van der Waals surface area contributed by atoms with Gasteiger partial charge in [0.15, 0.2) is 5.82 Å². The fraction of sp³-hybridized carbons (Fsp3) is 0.167. The third-order valence-corrected chi connectivity index (χ3v) is 3.71. The molecular formula is C18H19N5. The van der Waals surface area contributed by atoms with E-state index < -0.39 is 0 Å². The smallest absolute Gasteiger partial charge is 0.182 e. The molecule has 0 fully saturated rings. The fourth-order valence-electron chi connectivity index (χ4n) is 2.52. The predicted octanol–water partition coefficient (Wildman–Crippen LogP) is 2.80. The molecule has 5 nitrogen and oxygen atoms in total. The number of hydrogen-bond donors (Lipinski definition) is 2. The topological polar surface area (TPSA) is 90.7 Å². The van der Waals surface area contributed by atoms with Crippen LogP contribution in [0.5, 0.6) is 0 Å². The van der Waals surface area contributed by atoms with Gasteiger partial charge in [-0.15, -0.1) is 0 Å². The van der Waals surface area contributed by atoms with Gasteiger partial charge in [-0.05, 0) is 37.5 Å². The molecule has 1 aromatic carbocycles. The molecule has 0 aliphatic carbocycles. The first-order chi connectivity index (χ1) is 11.1. The largest absolute Gasteiger partial charge is 0.383 e. The molecule has 4 N–H and O–H groups in total. The maximum absolute atomic E-state index is 6.09. The molecule has 0 aliphatic heterocycles. The molecule has 0 radical (unpaired) electrons. The van der Waals surface area contributed by atoms with Crippen molar-refractivity contribution in [3.05, 3.63) is 65.4 Å². The standard InChI is InChI=1S/C18H19N5/c1-12-5-4-6-13(11-12)8-9-14-16(19)22-18(23-17(14)20)15-7-2-3-10-21-15/h2-7,10-11H,8-9H2,1H3,(H4,19,20,22,23). The molecule has 0 saturated carbocycles. The average molecular weight is 305 g/mol. The summed E-state index contributed by atoms with van der Waals surface area (Å²) in [6, 6.07) is 13.9. The number of aryl methyl sites for hydroxylation is 2. The maximum atomic E-state index is 6.09. The number of anilines is 2. The lowest BCUT2D eigenvalue weighted by molar-refractivity contribution is 0.942. The zero-order chi connectivity index (χ0) is 16.2. The lowest BCUT2D eigenvalue weighted by atomic mass is 10.0. The molecule has 0 atom stereocenters. The van der Waals surface area contributed by atoms with Crippen LogP contribution in [0.15, 0.2) is 48.7 Å². The number of rotatable bonds is 4. The Balaban J connectivity index is 1.83. The number of aromatic nitrogens is 3. The Morgan fingerprint density at radius 2 is 1.70 bits per heavy atom. The van der Waals surface area contributed by atoms with Crippen molar-refractivity contribution in [2.24, 2.45) is 0 Å². The van der Waals surface area contributed by atoms with Crippen molar-refractivity contribution < 1.29 is 0 Å². The first-order valence-electron chi connectivity index (χ1n) is 7.52. The number of benzene rings is 1. The minimum Gasteiger partial charge on any atom is -0.383 e. The van der Waals surface area contributed by atoms with Crippen LogP contribution in [0.1, 0.15) is 16.7 Å². The Hall–Kier alpha value is -2.95. The third kappa shape index (κ3) is 3.45. The van der Waals surface area contributed by atoms with E-state index in [0.29, 0.717) is 29.6 Å². The number of nitrogens with zero attached hydrogens (tertiary/aromatic N) is 3. The second kappa shape index (κ2) is 6.44. The van der Waals surface area contributed by atoms with E-state index in [1.165, 1.54) is 11.1 Å². The molecule has 0 amide bonds. The quantitative estimate of drug-likeness (QED) is 0.773. The second-order valence-corrected chi connectivity index (χ2v) is 5.50. The van der Waals surface area contributed by atoms with Crippen LogP contribution in [0.3, 0.4) is 0 Å². The van der Waals surface area contributed by atoms with E-state index in [-0.39, 0.29) is 0 Å². The number of nitrogen functional groups attached to an aromatic ring is 2. The summed E-state index contributed by atoms with van der Waals surface area (Å²) in [5.74, 6) is 1.30. The van der Waals surface area contributed by atoms with Crippen molar-refractivity contribution in [2.75, 3.05) is 11.5 Å². The zero-order valence-electron chi connectivity index (χ0n) is 13.0. The van der Waals surface area contributed by atoms with Gasteiger partial charge in [0.05, 0.1) is 0 Å². The van der Waals surface area contributed by atoms with E-state index in [0.717, 1.165) is 12.0 Å². The van der Waals surface area contributed by atoms with Gasteiger partial charge >= 0.3 is 0 Å². The van der Waals surface area contributed by atoms with Crippen LogP contribution in [0.25, 0.3) is 11.5 Å². The molecule has 23 heavy (non-hydrogen) atoms. The van der Waals surface area contributed by atoms with Crippen LogP contribution in [0.4, 0.5) is 11.6 Å². The molecule has 2 heterocycles. The van der Waals surface area contributed by atoms with Crippen LogP contribution >= 0.6 is 0 Å². The van der Waals surface area contributed by atoms with Crippen molar-refractivity contribution in [3.63, 3.8) is 0 Å². The summed E-state index contributed by atoms with van der Waals surface area (Å²) in [6.07, 6.45) is 3.25. The molecule has 5 heteroatoms. The lowest BCUT2D eigenvalue weighted by Crippen LogP contribution is -2.08.